The van der Waals surface area contributed by atoms with Crippen LogP contribution in [0.5, 0.6) is 0 Å². The zero-order chi connectivity index (χ0) is 16.1. The number of halogens is 3. The summed E-state index contributed by atoms with van der Waals surface area (Å²) in [7, 11) is 0. The summed E-state index contributed by atoms with van der Waals surface area (Å²) in [5.74, 6) is 0. The Balaban J connectivity index is 1.97. The fourth-order valence-electron chi connectivity index (χ4n) is 1.95. The molecule has 0 radical (unpaired) electrons. The molecular formula is C16H15ClF2N2O. The Kier molecular flexibility index (Phi) is 5.33. The predicted octanol–water partition coefficient (Wildman–Crippen LogP) is 5.16. The van der Waals surface area contributed by atoms with Crippen molar-refractivity contribution in [2.45, 2.75) is 19.4 Å². The number of hydrogen-bond donors (Lipinski definition) is 2. The fourth-order valence-corrected chi connectivity index (χ4v) is 2.08. The molecule has 6 heteroatoms. The van der Waals surface area contributed by atoms with E-state index in [1.807, 2.05) is 19.1 Å². The molecule has 2 N–H and O–H groups in total. The number of carbonyl (C=O) groups excluding carboxylic acids is 1. The molecule has 0 fully saturated rings. The Morgan fingerprint density at radius 1 is 1.09 bits per heavy atom. The van der Waals surface area contributed by atoms with Crippen molar-refractivity contribution in [2.24, 2.45) is 0 Å². The average Bonchev–Trinajstić information content (AvgIpc) is 2.47. The molecule has 0 aliphatic heterocycles. The quantitative estimate of drug-likeness (QED) is 0.801. The zero-order valence-corrected chi connectivity index (χ0v) is 12.6. The Labute approximate surface area is 132 Å². The minimum Gasteiger partial charge on any atom is -0.331 e. The van der Waals surface area contributed by atoms with E-state index in [-0.39, 0.29) is 11.6 Å². The van der Waals surface area contributed by atoms with Gasteiger partial charge in [0.05, 0.1) is 6.04 Å². The first kappa shape index (κ1) is 16.2. The molecular weight excluding hydrogens is 310 g/mol. The Morgan fingerprint density at radius 2 is 1.77 bits per heavy atom. The second-order valence-electron chi connectivity index (χ2n) is 4.80. The highest BCUT2D eigenvalue weighted by Gasteiger charge is 2.11. The van der Waals surface area contributed by atoms with Crippen molar-refractivity contribution in [3.05, 3.63) is 64.7 Å². The molecule has 0 aromatic heterocycles. The van der Waals surface area contributed by atoms with Crippen molar-refractivity contribution in [3.8, 4) is 0 Å². The van der Waals surface area contributed by atoms with Gasteiger partial charge < -0.3 is 10.6 Å². The first-order valence-corrected chi connectivity index (χ1v) is 7.04. The van der Waals surface area contributed by atoms with Crippen LogP contribution in [0.25, 0.3) is 0 Å². The summed E-state index contributed by atoms with van der Waals surface area (Å²) in [4.78, 5) is 11.9. The van der Waals surface area contributed by atoms with Crippen molar-refractivity contribution in [1.82, 2.24) is 5.32 Å². The Hall–Kier alpha value is -2.14. The van der Waals surface area contributed by atoms with Crippen LogP contribution >= 0.6 is 11.6 Å². The lowest BCUT2D eigenvalue weighted by Crippen LogP contribution is -2.31. The summed E-state index contributed by atoms with van der Waals surface area (Å²) in [6.45, 7) is 1.82. The topological polar surface area (TPSA) is 41.1 Å². The Morgan fingerprint density at radius 3 is 2.41 bits per heavy atom. The van der Waals surface area contributed by atoms with Gasteiger partial charge in [0.2, 0.25) is 0 Å². The number of benzene rings is 2. The van der Waals surface area contributed by atoms with Crippen LogP contribution in [0.3, 0.4) is 0 Å². The van der Waals surface area contributed by atoms with E-state index in [1.165, 1.54) is 18.2 Å². The largest absolute Gasteiger partial charge is 0.331 e. The van der Waals surface area contributed by atoms with Gasteiger partial charge in [0.1, 0.15) is 0 Å². The van der Waals surface area contributed by atoms with E-state index >= 15 is 0 Å². The maximum Gasteiger partial charge on any atom is 0.319 e. The van der Waals surface area contributed by atoms with Gasteiger partial charge in [0.25, 0.3) is 6.43 Å². The lowest BCUT2D eigenvalue weighted by molar-refractivity contribution is 0.151. The van der Waals surface area contributed by atoms with E-state index in [1.54, 1.807) is 18.2 Å². The van der Waals surface area contributed by atoms with Crippen molar-refractivity contribution in [1.29, 1.82) is 0 Å². The van der Waals surface area contributed by atoms with Crippen molar-refractivity contribution in [2.75, 3.05) is 5.32 Å². The number of anilines is 1. The van der Waals surface area contributed by atoms with Crippen LogP contribution in [0.15, 0.2) is 48.5 Å². The van der Waals surface area contributed by atoms with Gasteiger partial charge in [-0.2, -0.15) is 0 Å². The number of hydrogen-bond acceptors (Lipinski definition) is 1. The van der Waals surface area contributed by atoms with E-state index in [9.17, 15) is 13.6 Å². The highest BCUT2D eigenvalue weighted by molar-refractivity contribution is 6.30. The van der Waals surface area contributed by atoms with Crippen LogP contribution in [0, 0.1) is 0 Å². The Bertz CT molecular complexity index is 647. The molecule has 22 heavy (non-hydrogen) atoms. The first-order valence-electron chi connectivity index (χ1n) is 6.67. The molecule has 0 spiro atoms. The summed E-state index contributed by atoms with van der Waals surface area (Å²) in [6, 6.07) is 12.0. The number of alkyl halides is 2. The molecule has 2 aromatic rings. The van der Waals surface area contributed by atoms with E-state index in [0.717, 1.165) is 5.56 Å². The van der Waals surface area contributed by atoms with Gasteiger partial charge in [0.15, 0.2) is 0 Å². The molecule has 0 saturated carbocycles. The van der Waals surface area contributed by atoms with E-state index < -0.39 is 12.5 Å². The highest BCUT2D eigenvalue weighted by Crippen LogP contribution is 2.22. The number of urea groups is 1. The molecule has 0 bridgehead atoms. The van der Waals surface area contributed by atoms with Crippen LogP contribution in [0.2, 0.25) is 5.02 Å². The third-order valence-electron chi connectivity index (χ3n) is 3.11. The number of nitrogens with one attached hydrogen (secondary N) is 2. The summed E-state index contributed by atoms with van der Waals surface area (Å²) in [5.41, 5.74) is 1.07. The van der Waals surface area contributed by atoms with E-state index in [2.05, 4.69) is 10.6 Å². The lowest BCUT2D eigenvalue weighted by atomic mass is 10.1. The van der Waals surface area contributed by atoms with Crippen LogP contribution in [0.4, 0.5) is 19.3 Å². The third-order valence-corrected chi connectivity index (χ3v) is 3.37. The monoisotopic (exact) mass is 324 g/mol. The summed E-state index contributed by atoms with van der Waals surface area (Å²) >= 11 is 5.81. The fraction of sp³-hybridized carbons (Fsp3) is 0.188. The second kappa shape index (κ2) is 7.22. The molecule has 0 heterocycles. The van der Waals surface area contributed by atoms with Gasteiger partial charge in [-0.15, -0.1) is 0 Å². The molecule has 1 unspecified atom stereocenters. The van der Waals surface area contributed by atoms with Gasteiger partial charge in [-0.25, -0.2) is 13.6 Å². The van der Waals surface area contributed by atoms with Crippen LogP contribution in [-0.4, -0.2) is 6.03 Å². The number of amides is 2. The van der Waals surface area contributed by atoms with Crippen LogP contribution < -0.4 is 10.6 Å². The standard InChI is InChI=1S/C16H15ClF2N2O/c1-10(11-5-7-13(17)8-6-11)20-16(22)21-14-4-2-3-12(9-14)15(18)19/h2-10,15H,1H3,(H2,20,21,22). The van der Waals surface area contributed by atoms with E-state index in [4.69, 9.17) is 11.6 Å². The molecule has 2 rings (SSSR count). The van der Waals surface area contributed by atoms with Gasteiger partial charge in [0, 0.05) is 16.3 Å². The maximum atomic E-state index is 12.6. The zero-order valence-electron chi connectivity index (χ0n) is 11.8. The predicted molar refractivity (Wildman–Crippen MR) is 83.4 cm³/mol. The highest BCUT2D eigenvalue weighted by atomic mass is 35.5. The summed E-state index contributed by atoms with van der Waals surface area (Å²) in [5, 5.41) is 5.89. The van der Waals surface area contributed by atoms with Gasteiger partial charge >= 0.3 is 6.03 Å². The molecule has 0 saturated heterocycles. The molecule has 2 amide bonds. The summed E-state index contributed by atoms with van der Waals surface area (Å²) in [6.07, 6.45) is -2.57. The molecule has 1 atom stereocenters. The third kappa shape index (κ3) is 4.43. The van der Waals surface area contributed by atoms with Gasteiger partial charge in [-0.05, 0) is 36.8 Å². The normalized spacial score (nSPS) is 12.0. The average molecular weight is 325 g/mol. The van der Waals surface area contributed by atoms with Crippen molar-refractivity contribution in [3.63, 3.8) is 0 Å². The van der Waals surface area contributed by atoms with Gasteiger partial charge in [-0.1, -0.05) is 35.9 Å². The molecule has 2 aromatic carbocycles. The van der Waals surface area contributed by atoms with E-state index in [0.29, 0.717) is 10.7 Å². The second-order valence-corrected chi connectivity index (χ2v) is 5.23. The van der Waals surface area contributed by atoms with Crippen molar-refractivity contribution < 1.29 is 13.6 Å². The molecule has 116 valence electrons. The smallest absolute Gasteiger partial charge is 0.319 e. The van der Waals surface area contributed by atoms with Crippen LogP contribution in [0.1, 0.15) is 30.5 Å². The molecule has 0 aliphatic carbocycles. The van der Waals surface area contributed by atoms with Crippen LogP contribution in [-0.2, 0) is 0 Å². The minimum absolute atomic E-state index is 0.136. The molecule has 0 aliphatic rings. The lowest BCUT2D eigenvalue weighted by Gasteiger charge is -2.15. The minimum atomic E-state index is -2.57. The summed E-state index contributed by atoms with van der Waals surface area (Å²) < 4.78 is 25.2. The SMILES string of the molecule is CC(NC(=O)Nc1cccc(C(F)F)c1)c1ccc(Cl)cc1. The van der Waals surface area contributed by atoms with Crippen molar-refractivity contribution >= 4 is 23.3 Å². The molecule has 3 nitrogen and oxygen atoms in total. The maximum absolute atomic E-state index is 12.6. The first-order chi connectivity index (χ1) is 10.5. The number of carbonyl (C=O) groups is 1. The number of rotatable bonds is 4. The van der Waals surface area contributed by atoms with Gasteiger partial charge in [-0.3, -0.25) is 0 Å².